The summed E-state index contributed by atoms with van der Waals surface area (Å²) in [5.41, 5.74) is 4.83. The number of nitrogens with one attached hydrogen (secondary N) is 2. The highest BCUT2D eigenvalue weighted by molar-refractivity contribution is 5.96. The molecule has 0 atom stereocenters. The van der Waals surface area contributed by atoms with E-state index in [2.05, 4.69) is 15.8 Å². The Morgan fingerprint density at radius 2 is 1.68 bits per heavy atom. The Kier molecular flexibility index (Phi) is 8.51. The number of hydrogen-bond donors (Lipinski definition) is 2. The SMILES string of the molecule is CCOc1cc(/C=N\NC(=O)CNC(=O)c2cccc(C)c2)ccc1OC(=O)c1ccccc1. The number of nitrogens with zero attached hydrogens (tertiary/aromatic N) is 1. The Bertz CT molecular complexity index is 1190. The quantitative estimate of drug-likeness (QED) is 0.221. The van der Waals surface area contributed by atoms with Crippen molar-refractivity contribution in [1.29, 1.82) is 0 Å². The standard InChI is InChI=1S/C26H25N3O5/c1-3-33-23-15-19(12-13-22(23)34-26(32)20-9-5-4-6-10-20)16-28-29-24(30)17-27-25(31)21-11-7-8-18(2)14-21/h4-16H,3,17H2,1-2H3,(H,27,31)(H,29,30)/b28-16-. The summed E-state index contributed by atoms with van der Waals surface area (Å²) in [4.78, 5) is 36.4. The topological polar surface area (TPSA) is 106 Å². The lowest BCUT2D eigenvalue weighted by molar-refractivity contribution is -0.120. The fourth-order valence-electron chi connectivity index (χ4n) is 2.96. The average molecular weight is 460 g/mol. The number of rotatable bonds is 9. The van der Waals surface area contributed by atoms with E-state index in [0.29, 0.717) is 29.0 Å². The van der Waals surface area contributed by atoms with Crippen LogP contribution in [0.25, 0.3) is 0 Å². The lowest BCUT2D eigenvalue weighted by atomic mass is 10.1. The van der Waals surface area contributed by atoms with Gasteiger partial charge < -0.3 is 14.8 Å². The number of amides is 2. The molecule has 0 unspecified atom stereocenters. The van der Waals surface area contributed by atoms with E-state index in [9.17, 15) is 14.4 Å². The number of carbonyl (C=O) groups excluding carboxylic acids is 3. The number of ether oxygens (including phenoxy) is 2. The summed E-state index contributed by atoms with van der Waals surface area (Å²) >= 11 is 0. The molecule has 8 heteroatoms. The van der Waals surface area contributed by atoms with Crippen LogP contribution in [-0.4, -0.2) is 37.1 Å². The first-order chi connectivity index (χ1) is 16.5. The molecule has 3 rings (SSSR count). The summed E-state index contributed by atoms with van der Waals surface area (Å²) in [7, 11) is 0. The molecular formula is C26H25N3O5. The van der Waals surface area contributed by atoms with Crippen LogP contribution < -0.4 is 20.2 Å². The second-order valence-electron chi connectivity index (χ2n) is 7.24. The molecule has 0 aliphatic carbocycles. The third kappa shape index (κ3) is 7.03. The highest BCUT2D eigenvalue weighted by Gasteiger charge is 2.13. The monoisotopic (exact) mass is 459 g/mol. The Morgan fingerprint density at radius 1 is 0.912 bits per heavy atom. The first-order valence-corrected chi connectivity index (χ1v) is 10.7. The second kappa shape index (κ2) is 12.0. The van der Waals surface area contributed by atoms with Gasteiger partial charge in [-0.15, -0.1) is 0 Å². The van der Waals surface area contributed by atoms with E-state index in [1.807, 2.05) is 26.0 Å². The van der Waals surface area contributed by atoms with Gasteiger partial charge in [0.25, 0.3) is 11.8 Å². The fraction of sp³-hybridized carbons (Fsp3) is 0.154. The van der Waals surface area contributed by atoms with Crippen molar-refractivity contribution in [2.75, 3.05) is 13.2 Å². The zero-order valence-electron chi connectivity index (χ0n) is 18.9. The van der Waals surface area contributed by atoms with Gasteiger partial charge in [0.05, 0.1) is 24.9 Å². The molecule has 0 saturated heterocycles. The Balaban J connectivity index is 1.56. The number of carbonyl (C=O) groups is 3. The van der Waals surface area contributed by atoms with Gasteiger partial charge in [0.15, 0.2) is 11.5 Å². The Morgan fingerprint density at radius 3 is 2.41 bits per heavy atom. The number of benzene rings is 3. The largest absolute Gasteiger partial charge is 0.490 e. The third-order valence-electron chi connectivity index (χ3n) is 4.57. The minimum atomic E-state index is -0.497. The number of hydrazone groups is 1. The van der Waals surface area contributed by atoms with E-state index >= 15 is 0 Å². The molecule has 0 radical (unpaired) electrons. The van der Waals surface area contributed by atoms with Crippen LogP contribution in [0.3, 0.4) is 0 Å². The predicted molar refractivity (Wildman–Crippen MR) is 128 cm³/mol. The molecule has 0 heterocycles. The average Bonchev–Trinajstić information content (AvgIpc) is 2.84. The lowest BCUT2D eigenvalue weighted by Gasteiger charge is -2.11. The summed E-state index contributed by atoms with van der Waals surface area (Å²) in [5.74, 6) is -0.674. The summed E-state index contributed by atoms with van der Waals surface area (Å²) < 4.78 is 11.0. The molecule has 3 aromatic carbocycles. The first-order valence-electron chi connectivity index (χ1n) is 10.7. The van der Waals surface area contributed by atoms with Crippen LogP contribution in [0.15, 0.2) is 77.9 Å². The van der Waals surface area contributed by atoms with E-state index < -0.39 is 11.9 Å². The summed E-state index contributed by atoms with van der Waals surface area (Å²) in [6.07, 6.45) is 1.42. The van der Waals surface area contributed by atoms with E-state index in [1.54, 1.807) is 60.7 Å². The minimum absolute atomic E-state index is 0.220. The van der Waals surface area contributed by atoms with Crippen molar-refractivity contribution in [3.8, 4) is 11.5 Å². The second-order valence-corrected chi connectivity index (χ2v) is 7.24. The molecule has 3 aromatic rings. The molecule has 0 spiro atoms. The molecule has 0 aromatic heterocycles. The molecular weight excluding hydrogens is 434 g/mol. The lowest BCUT2D eigenvalue weighted by Crippen LogP contribution is -2.34. The molecule has 0 aliphatic heterocycles. The summed E-state index contributed by atoms with van der Waals surface area (Å²) in [6.45, 7) is 3.85. The van der Waals surface area contributed by atoms with Crippen molar-refractivity contribution in [1.82, 2.24) is 10.7 Å². The molecule has 2 amide bonds. The molecule has 8 nitrogen and oxygen atoms in total. The molecule has 0 fully saturated rings. The number of hydrogen-bond acceptors (Lipinski definition) is 6. The van der Waals surface area contributed by atoms with Gasteiger partial charge in [-0.2, -0.15) is 5.10 Å². The Labute approximate surface area is 197 Å². The maximum Gasteiger partial charge on any atom is 0.343 e. The van der Waals surface area contributed by atoms with E-state index in [-0.39, 0.29) is 18.2 Å². The maximum atomic E-state index is 12.3. The van der Waals surface area contributed by atoms with Crippen molar-refractivity contribution in [3.63, 3.8) is 0 Å². The van der Waals surface area contributed by atoms with Crippen molar-refractivity contribution in [2.45, 2.75) is 13.8 Å². The van der Waals surface area contributed by atoms with E-state index in [0.717, 1.165) is 5.56 Å². The summed E-state index contributed by atoms with van der Waals surface area (Å²) in [6, 6.07) is 20.6. The highest BCUT2D eigenvalue weighted by Crippen LogP contribution is 2.29. The highest BCUT2D eigenvalue weighted by atomic mass is 16.6. The zero-order valence-corrected chi connectivity index (χ0v) is 18.9. The van der Waals surface area contributed by atoms with Crippen molar-refractivity contribution >= 4 is 24.0 Å². The summed E-state index contributed by atoms with van der Waals surface area (Å²) in [5, 5.41) is 6.45. The zero-order chi connectivity index (χ0) is 24.3. The maximum absolute atomic E-state index is 12.3. The van der Waals surface area contributed by atoms with Crippen LogP contribution >= 0.6 is 0 Å². The van der Waals surface area contributed by atoms with Crippen molar-refractivity contribution < 1.29 is 23.9 Å². The minimum Gasteiger partial charge on any atom is -0.490 e. The molecule has 0 bridgehead atoms. The molecule has 0 saturated carbocycles. The first kappa shape index (κ1) is 24.2. The normalized spacial score (nSPS) is 10.5. The van der Waals surface area contributed by atoms with E-state index in [4.69, 9.17) is 9.47 Å². The van der Waals surface area contributed by atoms with Crippen LogP contribution in [0.5, 0.6) is 11.5 Å². The number of esters is 1. The van der Waals surface area contributed by atoms with Gasteiger partial charge in [-0.25, -0.2) is 10.2 Å². The molecule has 2 N–H and O–H groups in total. The van der Waals surface area contributed by atoms with Crippen molar-refractivity contribution in [2.24, 2.45) is 5.10 Å². The van der Waals surface area contributed by atoms with E-state index in [1.165, 1.54) is 6.21 Å². The van der Waals surface area contributed by atoms with Gasteiger partial charge in [-0.1, -0.05) is 35.9 Å². The fourth-order valence-corrected chi connectivity index (χ4v) is 2.96. The van der Waals surface area contributed by atoms with Crippen LogP contribution in [0.4, 0.5) is 0 Å². The smallest absolute Gasteiger partial charge is 0.343 e. The van der Waals surface area contributed by atoms with Crippen LogP contribution in [0.1, 0.15) is 38.8 Å². The molecule has 0 aliphatic rings. The number of aryl methyl sites for hydroxylation is 1. The van der Waals surface area contributed by atoms with Crippen molar-refractivity contribution in [3.05, 3.63) is 95.1 Å². The van der Waals surface area contributed by atoms with Crippen LogP contribution in [0, 0.1) is 6.92 Å². The predicted octanol–water partition coefficient (Wildman–Crippen LogP) is 3.49. The Hall–Kier alpha value is -4.46. The van der Waals surface area contributed by atoms with Gasteiger partial charge in [0.2, 0.25) is 0 Å². The third-order valence-corrected chi connectivity index (χ3v) is 4.57. The van der Waals surface area contributed by atoms with Gasteiger partial charge in [0, 0.05) is 5.56 Å². The van der Waals surface area contributed by atoms with Gasteiger partial charge in [0.1, 0.15) is 0 Å². The van der Waals surface area contributed by atoms with Crippen LogP contribution in [-0.2, 0) is 4.79 Å². The molecule has 34 heavy (non-hydrogen) atoms. The van der Waals surface area contributed by atoms with Crippen LogP contribution in [0.2, 0.25) is 0 Å². The van der Waals surface area contributed by atoms with Gasteiger partial charge >= 0.3 is 5.97 Å². The van der Waals surface area contributed by atoms with Gasteiger partial charge in [-0.3, -0.25) is 9.59 Å². The van der Waals surface area contributed by atoms with Gasteiger partial charge in [-0.05, 0) is 61.9 Å². The molecule has 174 valence electrons.